The van der Waals surface area contributed by atoms with Gasteiger partial charge in [-0.2, -0.15) is 0 Å². The first kappa shape index (κ1) is 10.8. The Kier molecular flexibility index (Phi) is 2.57. The molecule has 1 heterocycles. The van der Waals surface area contributed by atoms with E-state index in [1.54, 1.807) is 0 Å². The van der Waals surface area contributed by atoms with Crippen molar-refractivity contribution in [3.05, 3.63) is 52.2 Å². The molecule has 7 heteroatoms. The third-order valence-corrected chi connectivity index (χ3v) is 2.16. The van der Waals surface area contributed by atoms with Crippen LogP contribution in [-0.2, 0) is 0 Å². The van der Waals surface area contributed by atoms with E-state index in [2.05, 4.69) is 4.98 Å². The maximum Gasteiger partial charge on any atom is 0.270 e. The van der Waals surface area contributed by atoms with Crippen molar-refractivity contribution in [2.24, 2.45) is 0 Å². The first-order valence-corrected chi connectivity index (χ1v) is 4.62. The second-order valence-corrected chi connectivity index (χ2v) is 3.24. The summed E-state index contributed by atoms with van der Waals surface area (Å²) in [7, 11) is 0. The Morgan fingerprint density at radius 3 is 2.88 bits per heavy atom. The Morgan fingerprint density at radius 1 is 1.53 bits per heavy atom. The van der Waals surface area contributed by atoms with Gasteiger partial charge in [-0.15, -0.1) is 0 Å². The van der Waals surface area contributed by atoms with Crippen LogP contribution in [0.4, 0.5) is 11.4 Å². The zero-order valence-electron chi connectivity index (χ0n) is 8.58. The van der Waals surface area contributed by atoms with Crippen molar-refractivity contribution in [3.8, 4) is 0 Å². The van der Waals surface area contributed by atoms with Gasteiger partial charge < -0.3 is 10.2 Å². The van der Waals surface area contributed by atoms with Crippen molar-refractivity contribution in [1.29, 1.82) is 5.41 Å². The summed E-state index contributed by atoms with van der Waals surface area (Å²) in [6, 6.07) is 3.88. The van der Waals surface area contributed by atoms with Crippen LogP contribution in [-0.4, -0.2) is 15.6 Å². The fourth-order valence-corrected chi connectivity index (χ4v) is 1.34. The zero-order valence-corrected chi connectivity index (χ0v) is 8.58. The van der Waals surface area contributed by atoms with Crippen molar-refractivity contribution in [2.45, 2.75) is 0 Å². The van der Waals surface area contributed by atoms with E-state index in [0.29, 0.717) is 0 Å². The number of benzene rings is 1. The molecule has 17 heavy (non-hydrogen) atoms. The number of non-ortho nitro benzene ring substituents is 1. The maximum atomic E-state index is 10.6. The summed E-state index contributed by atoms with van der Waals surface area (Å²) < 4.78 is 4.94. The molecule has 0 saturated carbocycles. The summed E-state index contributed by atoms with van der Waals surface area (Å²) >= 11 is 0. The minimum atomic E-state index is -0.550. The monoisotopic (exact) mass is 232 g/mol. The summed E-state index contributed by atoms with van der Waals surface area (Å²) in [5, 5.41) is 18.4. The van der Waals surface area contributed by atoms with E-state index in [9.17, 15) is 10.1 Å². The molecule has 0 saturated heterocycles. The predicted octanol–water partition coefficient (Wildman–Crippen LogP) is 1.58. The van der Waals surface area contributed by atoms with Gasteiger partial charge in [-0.25, -0.2) is 4.98 Å². The van der Waals surface area contributed by atoms with Crippen molar-refractivity contribution in [2.75, 3.05) is 5.73 Å². The number of nitro groups is 1. The fourth-order valence-electron chi connectivity index (χ4n) is 1.34. The van der Waals surface area contributed by atoms with Gasteiger partial charge >= 0.3 is 0 Å². The maximum absolute atomic E-state index is 10.6. The number of nitrogens with one attached hydrogen (secondary N) is 1. The highest BCUT2D eigenvalue weighted by Gasteiger charge is 2.16. The van der Waals surface area contributed by atoms with E-state index in [1.165, 1.54) is 30.7 Å². The highest BCUT2D eigenvalue weighted by molar-refractivity contribution is 6.11. The zero-order chi connectivity index (χ0) is 12.4. The van der Waals surface area contributed by atoms with Gasteiger partial charge in [0.15, 0.2) is 0 Å². The number of nitrogen functional groups attached to an aromatic ring is 1. The smallest absolute Gasteiger partial charge is 0.270 e. The number of aromatic nitrogens is 1. The molecule has 2 aromatic rings. The average Bonchev–Trinajstić information content (AvgIpc) is 2.81. The lowest BCUT2D eigenvalue weighted by molar-refractivity contribution is -0.384. The topological polar surface area (TPSA) is 119 Å². The number of oxazole rings is 1. The third-order valence-electron chi connectivity index (χ3n) is 2.16. The fraction of sp³-hybridized carbons (Fsp3) is 0. The van der Waals surface area contributed by atoms with Crippen molar-refractivity contribution < 1.29 is 9.34 Å². The molecule has 0 radical (unpaired) electrons. The number of hydrogen-bond acceptors (Lipinski definition) is 6. The van der Waals surface area contributed by atoms with Gasteiger partial charge in [-0.1, -0.05) is 0 Å². The van der Waals surface area contributed by atoms with E-state index in [1.807, 2.05) is 0 Å². The highest BCUT2D eigenvalue weighted by Crippen LogP contribution is 2.21. The van der Waals surface area contributed by atoms with Gasteiger partial charge in [0, 0.05) is 23.4 Å². The molecule has 0 fully saturated rings. The normalized spacial score (nSPS) is 10.1. The van der Waals surface area contributed by atoms with Crippen LogP contribution >= 0.6 is 0 Å². The summed E-state index contributed by atoms with van der Waals surface area (Å²) in [5.41, 5.74) is 5.93. The van der Waals surface area contributed by atoms with Crippen LogP contribution in [0.3, 0.4) is 0 Å². The molecule has 1 aromatic heterocycles. The molecule has 0 atom stereocenters. The van der Waals surface area contributed by atoms with Crippen molar-refractivity contribution in [3.63, 3.8) is 0 Å². The van der Waals surface area contributed by atoms with E-state index < -0.39 is 4.92 Å². The van der Waals surface area contributed by atoms with E-state index >= 15 is 0 Å². The van der Waals surface area contributed by atoms with Crippen LogP contribution < -0.4 is 5.73 Å². The number of anilines is 1. The molecule has 86 valence electrons. The van der Waals surface area contributed by atoms with Crippen LogP contribution in [0.1, 0.15) is 11.5 Å². The summed E-state index contributed by atoms with van der Waals surface area (Å²) in [4.78, 5) is 13.9. The summed E-state index contributed by atoms with van der Waals surface area (Å²) in [6.07, 6.45) is 2.70. The lowest BCUT2D eigenvalue weighted by atomic mass is 10.1. The van der Waals surface area contributed by atoms with Gasteiger partial charge in [0.1, 0.15) is 12.0 Å². The first-order valence-electron chi connectivity index (χ1n) is 4.62. The van der Waals surface area contributed by atoms with Crippen molar-refractivity contribution >= 4 is 17.1 Å². The average molecular weight is 232 g/mol. The molecule has 3 N–H and O–H groups in total. The Morgan fingerprint density at radius 2 is 2.29 bits per heavy atom. The number of nitro benzene ring substituents is 1. The molecule has 2 rings (SSSR count). The number of nitrogens with zero attached hydrogens (tertiary/aromatic N) is 2. The molecule has 0 spiro atoms. The molecule has 0 aliphatic carbocycles. The second-order valence-electron chi connectivity index (χ2n) is 3.24. The summed E-state index contributed by atoms with van der Waals surface area (Å²) in [5.74, 6) is 0.0668. The lowest BCUT2D eigenvalue weighted by Crippen LogP contribution is -2.06. The number of hydrogen-bond donors (Lipinski definition) is 2. The predicted molar refractivity (Wildman–Crippen MR) is 59.9 cm³/mol. The molecule has 0 bridgehead atoms. The lowest BCUT2D eigenvalue weighted by Gasteiger charge is -2.03. The van der Waals surface area contributed by atoms with Gasteiger partial charge in [0.25, 0.3) is 5.69 Å². The first-order chi connectivity index (χ1) is 8.09. The minimum Gasteiger partial charge on any atom is -0.443 e. The standard InChI is InChI=1S/C10H8N4O3/c11-8-2-1-6(14(15)16)5-7(8)9(12)10-13-3-4-17-10/h1-5,12H,11H2. The van der Waals surface area contributed by atoms with Crippen LogP contribution in [0.2, 0.25) is 0 Å². The number of nitrogens with two attached hydrogens (primary N) is 1. The van der Waals surface area contributed by atoms with Gasteiger partial charge in [0.05, 0.1) is 11.1 Å². The third kappa shape index (κ3) is 1.98. The second kappa shape index (κ2) is 4.05. The highest BCUT2D eigenvalue weighted by atomic mass is 16.6. The molecule has 1 aromatic carbocycles. The Bertz CT molecular complexity index is 577. The minimum absolute atomic E-state index is 0.0668. The number of rotatable bonds is 3. The molecule has 0 unspecified atom stereocenters. The van der Waals surface area contributed by atoms with E-state index in [0.717, 1.165) is 0 Å². The SMILES string of the molecule is N=C(c1ncco1)c1cc([N+](=O)[O-])ccc1N. The van der Waals surface area contributed by atoms with Gasteiger partial charge in [0.2, 0.25) is 5.89 Å². The largest absolute Gasteiger partial charge is 0.443 e. The van der Waals surface area contributed by atoms with Crippen LogP contribution in [0.15, 0.2) is 35.1 Å². The molecule has 0 amide bonds. The quantitative estimate of drug-likeness (QED) is 0.360. The summed E-state index contributed by atoms with van der Waals surface area (Å²) in [6.45, 7) is 0. The van der Waals surface area contributed by atoms with E-state index in [4.69, 9.17) is 15.6 Å². The Labute approximate surface area is 95.5 Å². The van der Waals surface area contributed by atoms with Crippen LogP contribution in [0, 0.1) is 15.5 Å². The van der Waals surface area contributed by atoms with Crippen LogP contribution in [0.5, 0.6) is 0 Å². The molecular weight excluding hydrogens is 224 g/mol. The Balaban J connectivity index is 2.48. The molecule has 7 nitrogen and oxygen atoms in total. The van der Waals surface area contributed by atoms with E-state index in [-0.39, 0.29) is 28.5 Å². The van der Waals surface area contributed by atoms with Crippen LogP contribution in [0.25, 0.3) is 0 Å². The van der Waals surface area contributed by atoms with Crippen molar-refractivity contribution in [1.82, 2.24) is 4.98 Å². The van der Waals surface area contributed by atoms with Gasteiger partial charge in [-0.05, 0) is 6.07 Å². The molecule has 0 aliphatic rings. The molecular formula is C10H8N4O3. The molecule has 0 aliphatic heterocycles. The van der Waals surface area contributed by atoms with Gasteiger partial charge in [-0.3, -0.25) is 15.5 Å². The Hall–Kier alpha value is -2.70.